The molecule has 0 amide bonds. The Morgan fingerprint density at radius 3 is 2.67 bits per heavy atom. The molecule has 0 aliphatic rings. The van der Waals surface area contributed by atoms with Crippen LogP contribution in [-0.2, 0) is 9.53 Å². The molecule has 0 aliphatic heterocycles. The van der Waals surface area contributed by atoms with Crippen molar-refractivity contribution in [2.75, 3.05) is 14.2 Å². The Labute approximate surface area is 87.7 Å². The highest BCUT2D eigenvalue weighted by atomic mass is 16.5. The lowest BCUT2D eigenvalue weighted by Gasteiger charge is -2.02. The van der Waals surface area contributed by atoms with Crippen molar-refractivity contribution in [1.82, 2.24) is 0 Å². The summed E-state index contributed by atoms with van der Waals surface area (Å²) in [6.07, 6.45) is 1.44. The van der Waals surface area contributed by atoms with E-state index in [1.807, 2.05) is 0 Å². The Morgan fingerprint density at radius 1 is 1.40 bits per heavy atom. The summed E-state index contributed by atoms with van der Waals surface area (Å²) < 4.78 is 9.72. The van der Waals surface area contributed by atoms with E-state index in [9.17, 15) is 4.79 Å². The topological polar surface area (TPSA) is 55.8 Å². The van der Waals surface area contributed by atoms with Crippen LogP contribution < -0.4 is 4.74 Å². The van der Waals surface area contributed by atoms with Crippen molar-refractivity contribution < 1.29 is 19.4 Å². The highest BCUT2D eigenvalue weighted by molar-refractivity contribution is 5.89. The van der Waals surface area contributed by atoms with Gasteiger partial charge < -0.3 is 14.6 Å². The molecule has 0 unspecified atom stereocenters. The van der Waals surface area contributed by atoms with Gasteiger partial charge >= 0.3 is 5.97 Å². The van der Waals surface area contributed by atoms with Crippen LogP contribution in [0.25, 0.3) is 6.08 Å². The van der Waals surface area contributed by atoms with Crippen LogP contribution >= 0.6 is 0 Å². The normalized spacial score (nSPS) is 10.9. The number of hydrogen-bond donors (Lipinski definition) is 1. The van der Waals surface area contributed by atoms with Crippen LogP contribution in [0, 0.1) is 0 Å². The fourth-order valence-electron chi connectivity index (χ4n) is 1.09. The molecule has 0 fully saturated rings. The molecule has 0 aromatic heterocycles. The van der Waals surface area contributed by atoms with Gasteiger partial charge in [-0.3, -0.25) is 0 Å². The molecule has 1 rings (SSSR count). The molecule has 0 heterocycles. The van der Waals surface area contributed by atoms with E-state index >= 15 is 0 Å². The lowest BCUT2D eigenvalue weighted by atomic mass is 10.2. The minimum Gasteiger partial charge on any atom is -0.497 e. The summed E-state index contributed by atoms with van der Waals surface area (Å²) in [5.74, 6) is -0.534. The van der Waals surface area contributed by atoms with Crippen LogP contribution in [0.3, 0.4) is 0 Å². The number of methoxy groups -OCH3 is 2. The molecule has 0 saturated heterocycles. The average molecular weight is 208 g/mol. The van der Waals surface area contributed by atoms with Crippen molar-refractivity contribution in [2.45, 2.75) is 0 Å². The Balaban J connectivity index is 3.00. The second-order valence-corrected chi connectivity index (χ2v) is 2.79. The summed E-state index contributed by atoms with van der Waals surface area (Å²) in [5, 5.41) is 8.74. The molecule has 1 aromatic carbocycles. The fourth-order valence-corrected chi connectivity index (χ4v) is 1.09. The molecule has 80 valence electrons. The van der Waals surface area contributed by atoms with Crippen molar-refractivity contribution in [3.05, 3.63) is 35.6 Å². The van der Waals surface area contributed by atoms with Gasteiger partial charge in [0.2, 0.25) is 5.76 Å². The molecule has 1 N–H and O–H groups in total. The quantitative estimate of drug-likeness (QED) is 0.605. The molecule has 0 spiro atoms. The lowest BCUT2D eigenvalue weighted by Crippen LogP contribution is -2.01. The third kappa shape index (κ3) is 3.02. The number of carboxylic acid groups (broad SMARTS) is 1. The highest BCUT2D eigenvalue weighted by Gasteiger charge is 2.06. The molecule has 0 saturated carbocycles. The number of hydrogen-bond acceptors (Lipinski definition) is 3. The first-order valence-electron chi connectivity index (χ1n) is 4.30. The second kappa shape index (κ2) is 5.05. The number of ether oxygens (including phenoxy) is 2. The minimum absolute atomic E-state index is 0.108. The van der Waals surface area contributed by atoms with Crippen molar-refractivity contribution >= 4 is 12.0 Å². The van der Waals surface area contributed by atoms with Gasteiger partial charge in [0, 0.05) is 0 Å². The van der Waals surface area contributed by atoms with Gasteiger partial charge in [-0.15, -0.1) is 0 Å². The lowest BCUT2D eigenvalue weighted by molar-refractivity contribution is -0.135. The second-order valence-electron chi connectivity index (χ2n) is 2.79. The zero-order valence-corrected chi connectivity index (χ0v) is 8.56. The molecule has 0 atom stereocenters. The monoisotopic (exact) mass is 208 g/mol. The van der Waals surface area contributed by atoms with Crippen LogP contribution in [-0.4, -0.2) is 25.3 Å². The molecule has 1 aromatic rings. The van der Waals surface area contributed by atoms with E-state index in [0.29, 0.717) is 11.3 Å². The van der Waals surface area contributed by atoms with Crippen LogP contribution in [0.5, 0.6) is 5.75 Å². The molecular formula is C11H12O4. The van der Waals surface area contributed by atoms with Gasteiger partial charge in [-0.1, -0.05) is 12.1 Å². The average Bonchev–Trinajstić information content (AvgIpc) is 2.25. The van der Waals surface area contributed by atoms with E-state index in [-0.39, 0.29) is 5.76 Å². The third-order valence-electron chi connectivity index (χ3n) is 1.82. The van der Waals surface area contributed by atoms with E-state index in [4.69, 9.17) is 14.6 Å². The van der Waals surface area contributed by atoms with Gasteiger partial charge in [0.25, 0.3) is 0 Å². The third-order valence-corrected chi connectivity index (χ3v) is 1.82. The predicted octanol–water partition coefficient (Wildman–Crippen LogP) is 1.77. The molecular weight excluding hydrogens is 196 g/mol. The molecule has 0 bridgehead atoms. The number of aliphatic carboxylic acids is 1. The predicted molar refractivity (Wildman–Crippen MR) is 55.6 cm³/mol. The van der Waals surface area contributed by atoms with Crippen molar-refractivity contribution in [3.8, 4) is 5.75 Å². The summed E-state index contributed by atoms with van der Waals surface area (Å²) in [4.78, 5) is 10.7. The first-order chi connectivity index (χ1) is 7.17. The van der Waals surface area contributed by atoms with Gasteiger partial charge in [0.05, 0.1) is 14.2 Å². The maximum atomic E-state index is 10.7. The van der Waals surface area contributed by atoms with Crippen LogP contribution in [0.15, 0.2) is 30.0 Å². The van der Waals surface area contributed by atoms with E-state index in [0.717, 1.165) is 0 Å². The van der Waals surface area contributed by atoms with Crippen LogP contribution in [0.2, 0.25) is 0 Å². The molecule has 0 radical (unpaired) electrons. The largest absolute Gasteiger partial charge is 0.497 e. The van der Waals surface area contributed by atoms with Gasteiger partial charge in [-0.2, -0.15) is 0 Å². The highest BCUT2D eigenvalue weighted by Crippen LogP contribution is 2.15. The molecule has 15 heavy (non-hydrogen) atoms. The zero-order chi connectivity index (χ0) is 11.3. The Bertz CT molecular complexity index is 382. The van der Waals surface area contributed by atoms with E-state index in [2.05, 4.69) is 0 Å². The number of carboxylic acids is 1. The van der Waals surface area contributed by atoms with Gasteiger partial charge in [-0.05, 0) is 23.8 Å². The van der Waals surface area contributed by atoms with E-state index < -0.39 is 5.97 Å². The number of carbonyl (C=O) groups is 1. The summed E-state index contributed by atoms with van der Waals surface area (Å²) >= 11 is 0. The summed E-state index contributed by atoms with van der Waals surface area (Å²) in [6.45, 7) is 0. The standard InChI is InChI=1S/C11H12O4/c1-14-9-5-3-4-8(6-9)7-10(15-2)11(12)13/h3-7H,1-2H3,(H,12,13). The van der Waals surface area contributed by atoms with Crippen molar-refractivity contribution in [1.29, 1.82) is 0 Å². The van der Waals surface area contributed by atoms with E-state index in [1.54, 1.807) is 31.4 Å². The first kappa shape index (κ1) is 11.1. The van der Waals surface area contributed by atoms with Crippen molar-refractivity contribution in [2.24, 2.45) is 0 Å². The number of benzene rings is 1. The smallest absolute Gasteiger partial charge is 0.371 e. The van der Waals surface area contributed by atoms with Crippen LogP contribution in [0.4, 0.5) is 0 Å². The Morgan fingerprint density at radius 2 is 2.13 bits per heavy atom. The summed E-state index contributed by atoms with van der Waals surface area (Å²) in [5.41, 5.74) is 0.716. The Kier molecular flexibility index (Phi) is 3.74. The van der Waals surface area contributed by atoms with Gasteiger partial charge in [0.1, 0.15) is 5.75 Å². The maximum Gasteiger partial charge on any atom is 0.371 e. The van der Waals surface area contributed by atoms with Crippen LogP contribution in [0.1, 0.15) is 5.56 Å². The fraction of sp³-hybridized carbons (Fsp3) is 0.182. The van der Waals surface area contributed by atoms with Gasteiger partial charge in [0.15, 0.2) is 0 Å². The van der Waals surface area contributed by atoms with Crippen molar-refractivity contribution in [3.63, 3.8) is 0 Å². The summed E-state index contributed by atoms with van der Waals surface area (Å²) in [6, 6.07) is 7.05. The molecule has 4 nitrogen and oxygen atoms in total. The number of rotatable bonds is 4. The zero-order valence-electron chi connectivity index (χ0n) is 8.56. The molecule has 4 heteroatoms. The Hall–Kier alpha value is -1.97. The first-order valence-corrected chi connectivity index (χ1v) is 4.30. The summed E-state index contributed by atoms with van der Waals surface area (Å²) in [7, 11) is 2.87. The van der Waals surface area contributed by atoms with E-state index in [1.165, 1.54) is 13.2 Å². The SMILES string of the molecule is COC(=Cc1cccc(OC)c1)C(=O)O. The minimum atomic E-state index is -1.10. The molecule has 0 aliphatic carbocycles. The maximum absolute atomic E-state index is 10.7. The van der Waals surface area contributed by atoms with Gasteiger partial charge in [-0.25, -0.2) is 4.79 Å².